The smallest absolute Gasteiger partial charge is 0.0163 e. The van der Waals surface area contributed by atoms with E-state index in [-0.39, 0.29) is 0 Å². The van der Waals surface area contributed by atoms with Crippen molar-refractivity contribution in [2.24, 2.45) is 5.92 Å². The van der Waals surface area contributed by atoms with Gasteiger partial charge in [0.05, 0.1) is 0 Å². The molecule has 3 aromatic carbocycles. The van der Waals surface area contributed by atoms with Gasteiger partial charge < -0.3 is 0 Å². The Kier molecular flexibility index (Phi) is 7.07. The van der Waals surface area contributed by atoms with E-state index in [1.54, 1.807) is 0 Å². The van der Waals surface area contributed by atoms with Gasteiger partial charge in [0, 0.05) is 0 Å². The van der Waals surface area contributed by atoms with Crippen LogP contribution in [0.25, 0.3) is 0 Å². The van der Waals surface area contributed by atoms with Crippen LogP contribution in [0.1, 0.15) is 51.4 Å². The van der Waals surface area contributed by atoms with Gasteiger partial charge in [-0.2, -0.15) is 0 Å². The molecule has 0 unspecified atom stereocenters. The van der Waals surface area contributed by atoms with Crippen LogP contribution in [0.4, 0.5) is 0 Å². The molecule has 0 heterocycles. The lowest BCUT2D eigenvalue weighted by Gasteiger charge is -2.31. The molecule has 0 N–H and O–H groups in total. The molecule has 1 heteroatoms. The number of hydrogen-bond donors (Lipinski definition) is 0. The molecule has 150 valence electrons. The van der Waals surface area contributed by atoms with Gasteiger partial charge in [0.15, 0.2) is 0 Å². The summed E-state index contributed by atoms with van der Waals surface area (Å²) in [6, 6.07) is 33.9. The molecule has 0 atom stereocenters. The fraction of sp³-hybridized carbons (Fsp3) is 0.321. The Hall–Kier alpha value is -2.04. The van der Waals surface area contributed by atoms with Crippen molar-refractivity contribution in [2.75, 3.05) is 0 Å². The number of benzene rings is 3. The van der Waals surface area contributed by atoms with Gasteiger partial charge in [-0.3, -0.25) is 0 Å². The van der Waals surface area contributed by atoms with Crippen LogP contribution in [0.15, 0.2) is 91.0 Å². The van der Waals surface area contributed by atoms with Crippen LogP contribution in [-0.2, 0) is 0 Å². The van der Waals surface area contributed by atoms with E-state index in [1.165, 1.54) is 67.3 Å². The minimum atomic E-state index is -1.79. The maximum absolute atomic E-state index is 2.82. The zero-order chi connectivity index (χ0) is 19.8. The standard InChI is InChI=1S/C28H33P/c1-2-4-9-17-25(16-8-3-1)24-29(26-18-10-5-11-19-26,27-20-12-6-13-21-27)28-22-14-7-15-23-28/h5-7,10-15,18-25H,1-4,8-9,16-17H2. The van der Waals surface area contributed by atoms with Crippen molar-refractivity contribution in [3.63, 3.8) is 0 Å². The lowest BCUT2D eigenvalue weighted by atomic mass is 9.99. The van der Waals surface area contributed by atoms with Crippen LogP contribution in [0.3, 0.4) is 0 Å². The van der Waals surface area contributed by atoms with E-state index >= 15 is 0 Å². The molecule has 0 bridgehead atoms. The summed E-state index contributed by atoms with van der Waals surface area (Å²) >= 11 is 0. The van der Waals surface area contributed by atoms with Crippen LogP contribution in [0.2, 0.25) is 0 Å². The Morgan fingerprint density at radius 1 is 0.483 bits per heavy atom. The number of hydrogen-bond acceptors (Lipinski definition) is 0. The van der Waals surface area contributed by atoms with Crippen LogP contribution < -0.4 is 15.9 Å². The lowest BCUT2D eigenvalue weighted by Crippen LogP contribution is -2.28. The Labute approximate surface area is 177 Å². The van der Waals surface area contributed by atoms with Crippen molar-refractivity contribution in [2.45, 2.75) is 51.4 Å². The highest BCUT2D eigenvalue weighted by Gasteiger charge is 2.26. The molecule has 0 amide bonds. The predicted molar refractivity (Wildman–Crippen MR) is 132 cm³/mol. The fourth-order valence-electron chi connectivity index (χ4n) is 4.82. The van der Waals surface area contributed by atoms with Crippen molar-refractivity contribution >= 4 is 28.6 Å². The van der Waals surface area contributed by atoms with Crippen LogP contribution in [0.5, 0.6) is 0 Å². The van der Waals surface area contributed by atoms with Crippen molar-refractivity contribution < 1.29 is 0 Å². The minimum Gasteiger partial charge on any atom is -0.0711 e. The predicted octanol–water partition coefficient (Wildman–Crippen LogP) is 6.53. The Balaban J connectivity index is 1.94. The van der Waals surface area contributed by atoms with E-state index in [1.807, 2.05) is 0 Å². The SMILES string of the molecule is C(C1CCCCCCCC1)=P(c1ccccc1)(c1ccccc1)c1ccccc1. The summed E-state index contributed by atoms with van der Waals surface area (Å²) in [5.74, 6) is 3.51. The third-order valence-corrected chi connectivity index (χ3v) is 10.5. The first-order valence-electron chi connectivity index (χ1n) is 11.3. The molecule has 1 saturated carbocycles. The van der Waals surface area contributed by atoms with Crippen molar-refractivity contribution in [3.05, 3.63) is 91.0 Å². The lowest BCUT2D eigenvalue weighted by molar-refractivity contribution is 0.549. The summed E-state index contributed by atoms with van der Waals surface area (Å²) in [7, 11) is 0. The average molecular weight is 401 g/mol. The molecule has 0 saturated heterocycles. The third-order valence-electron chi connectivity index (χ3n) is 6.32. The molecule has 3 aromatic rings. The van der Waals surface area contributed by atoms with Crippen LogP contribution >= 0.6 is 6.89 Å². The summed E-state index contributed by atoms with van der Waals surface area (Å²) < 4.78 is 0. The van der Waals surface area contributed by atoms with Gasteiger partial charge in [-0.05, 0) is 41.6 Å². The third kappa shape index (κ3) is 4.76. The van der Waals surface area contributed by atoms with E-state index in [0.29, 0.717) is 5.92 Å². The van der Waals surface area contributed by atoms with Crippen LogP contribution in [-0.4, -0.2) is 5.80 Å². The molecule has 0 nitrogen and oxygen atoms in total. The van der Waals surface area contributed by atoms with Gasteiger partial charge in [-0.15, -0.1) is 0 Å². The van der Waals surface area contributed by atoms with E-state index in [9.17, 15) is 0 Å². The molecule has 0 radical (unpaired) electrons. The Morgan fingerprint density at radius 3 is 1.21 bits per heavy atom. The van der Waals surface area contributed by atoms with E-state index in [0.717, 1.165) is 0 Å². The second-order valence-electron chi connectivity index (χ2n) is 8.34. The number of rotatable bonds is 4. The van der Waals surface area contributed by atoms with Crippen molar-refractivity contribution in [1.82, 2.24) is 0 Å². The maximum atomic E-state index is 2.82. The highest BCUT2D eigenvalue weighted by atomic mass is 31.2. The van der Waals surface area contributed by atoms with Gasteiger partial charge in [0.2, 0.25) is 0 Å². The van der Waals surface area contributed by atoms with Gasteiger partial charge in [-0.1, -0.05) is 135 Å². The molecule has 1 aliphatic rings. The Morgan fingerprint density at radius 2 is 0.828 bits per heavy atom. The van der Waals surface area contributed by atoms with Gasteiger partial charge in [-0.25, -0.2) is 0 Å². The van der Waals surface area contributed by atoms with Crippen molar-refractivity contribution in [3.8, 4) is 0 Å². The molecule has 1 aliphatic carbocycles. The van der Waals surface area contributed by atoms with E-state index in [2.05, 4.69) is 96.8 Å². The summed E-state index contributed by atoms with van der Waals surface area (Å²) in [5.41, 5.74) is 0. The molecule has 0 aromatic heterocycles. The molecule has 4 rings (SSSR count). The highest BCUT2D eigenvalue weighted by molar-refractivity contribution is 7.94. The van der Waals surface area contributed by atoms with Gasteiger partial charge >= 0.3 is 0 Å². The summed E-state index contributed by atoms with van der Waals surface area (Å²) in [6.07, 6.45) is 11.1. The zero-order valence-electron chi connectivity index (χ0n) is 17.4. The van der Waals surface area contributed by atoms with E-state index in [4.69, 9.17) is 0 Å². The molecule has 0 spiro atoms. The summed E-state index contributed by atoms with van der Waals surface area (Å²) in [4.78, 5) is 0. The minimum absolute atomic E-state index is 0.696. The largest absolute Gasteiger partial charge is 0.0711 e. The first-order valence-corrected chi connectivity index (χ1v) is 13.2. The first kappa shape index (κ1) is 20.2. The second-order valence-corrected chi connectivity index (χ2v) is 11.6. The fourth-order valence-corrected chi connectivity index (χ4v) is 9.09. The normalized spacial score (nSPS) is 16.4. The monoisotopic (exact) mass is 400 g/mol. The zero-order valence-corrected chi connectivity index (χ0v) is 18.3. The van der Waals surface area contributed by atoms with Gasteiger partial charge in [0.1, 0.15) is 0 Å². The van der Waals surface area contributed by atoms with Crippen molar-refractivity contribution in [1.29, 1.82) is 0 Å². The molecular formula is C28H33P. The molecule has 29 heavy (non-hydrogen) atoms. The quantitative estimate of drug-likeness (QED) is 0.437. The van der Waals surface area contributed by atoms with Crippen LogP contribution in [0, 0.1) is 5.92 Å². The summed E-state index contributed by atoms with van der Waals surface area (Å²) in [6.45, 7) is -1.79. The highest BCUT2D eigenvalue weighted by Crippen LogP contribution is 2.45. The van der Waals surface area contributed by atoms with Gasteiger partial charge in [0.25, 0.3) is 0 Å². The average Bonchev–Trinajstić information content (AvgIpc) is 2.93. The first-order chi connectivity index (χ1) is 14.4. The van der Waals surface area contributed by atoms with E-state index < -0.39 is 6.89 Å². The maximum Gasteiger partial charge on any atom is -0.0163 e. The topological polar surface area (TPSA) is 0 Å². The summed E-state index contributed by atoms with van der Waals surface area (Å²) in [5, 5.41) is 4.45. The Bertz CT molecular complexity index is 799. The molecular weight excluding hydrogens is 367 g/mol. The second kappa shape index (κ2) is 10.1. The molecule has 1 fully saturated rings. The molecule has 0 aliphatic heterocycles.